The van der Waals surface area contributed by atoms with E-state index >= 15 is 0 Å². The second-order valence-electron chi connectivity index (χ2n) is 4.57. The molecule has 1 heterocycles. The molecule has 1 fully saturated rings. The number of halogens is 1. The normalized spacial score (nSPS) is 19.3. The summed E-state index contributed by atoms with van der Waals surface area (Å²) in [7, 11) is -2.44. The van der Waals surface area contributed by atoms with Gasteiger partial charge in [0.15, 0.2) is 11.6 Å². The summed E-state index contributed by atoms with van der Waals surface area (Å²) in [5, 5.41) is 9.53. The number of nitrogens with zero attached hydrogens (tertiary/aromatic N) is 1. The number of sulfonamides is 1. The monoisotopic (exact) mass is 275 g/mol. The van der Waals surface area contributed by atoms with E-state index in [-0.39, 0.29) is 23.7 Å². The molecular weight excluding hydrogens is 261 g/mol. The molecule has 1 aliphatic heterocycles. The van der Waals surface area contributed by atoms with Crippen LogP contribution in [0.2, 0.25) is 0 Å². The first kappa shape index (κ1) is 13.3. The number of aliphatic hydroxyl groups is 1. The van der Waals surface area contributed by atoms with Gasteiger partial charge in [-0.15, -0.1) is 0 Å². The zero-order valence-electron chi connectivity index (χ0n) is 10.1. The van der Waals surface area contributed by atoms with Crippen molar-refractivity contribution >= 4 is 10.0 Å². The van der Waals surface area contributed by atoms with Crippen molar-refractivity contribution in [2.45, 2.75) is 17.4 Å². The number of ether oxygens (including phenoxy) is 1. The van der Waals surface area contributed by atoms with Crippen LogP contribution < -0.4 is 4.74 Å². The standard InChI is InChI=1S/C11H14FNO4S/c1-11(14)6-13(7-11)18(15,16)8-3-4-10(17-2)9(12)5-8/h3-5,14H,6-7H2,1-2H3. The Balaban J connectivity index is 2.29. The highest BCUT2D eigenvalue weighted by Crippen LogP contribution is 2.29. The number of methoxy groups -OCH3 is 1. The Morgan fingerprint density at radius 1 is 1.44 bits per heavy atom. The Morgan fingerprint density at radius 2 is 2.06 bits per heavy atom. The number of hydrogen-bond acceptors (Lipinski definition) is 4. The van der Waals surface area contributed by atoms with E-state index in [2.05, 4.69) is 0 Å². The lowest BCUT2D eigenvalue weighted by molar-refractivity contribution is -0.0426. The Bertz CT molecular complexity index is 562. The van der Waals surface area contributed by atoms with Crippen molar-refractivity contribution in [1.82, 2.24) is 4.31 Å². The fraction of sp³-hybridized carbons (Fsp3) is 0.455. The van der Waals surface area contributed by atoms with Gasteiger partial charge in [-0.2, -0.15) is 4.31 Å². The second-order valence-corrected chi connectivity index (χ2v) is 6.50. The summed E-state index contributed by atoms with van der Waals surface area (Å²) in [5.41, 5.74) is -1.00. The highest BCUT2D eigenvalue weighted by atomic mass is 32.2. The third-order valence-corrected chi connectivity index (χ3v) is 4.58. The number of β-amino-alcohol motifs (C(OH)–C–C–N with tert-alkyl or cyclic N) is 1. The summed E-state index contributed by atoms with van der Waals surface area (Å²) >= 11 is 0. The van der Waals surface area contributed by atoms with Gasteiger partial charge in [0.1, 0.15) is 0 Å². The van der Waals surface area contributed by atoms with Gasteiger partial charge >= 0.3 is 0 Å². The summed E-state index contributed by atoms with van der Waals surface area (Å²) in [5.74, 6) is -0.740. The van der Waals surface area contributed by atoms with Gasteiger partial charge in [0.2, 0.25) is 10.0 Å². The van der Waals surface area contributed by atoms with Gasteiger partial charge in [0.05, 0.1) is 17.6 Å². The fourth-order valence-electron chi connectivity index (χ4n) is 1.84. The number of rotatable bonds is 3. The maximum Gasteiger partial charge on any atom is 0.243 e. The molecule has 1 saturated heterocycles. The van der Waals surface area contributed by atoms with Gasteiger partial charge in [-0.05, 0) is 25.1 Å². The van der Waals surface area contributed by atoms with E-state index in [4.69, 9.17) is 4.74 Å². The first-order valence-corrected chi connectivity index (χ1v) is 6.76. The zero-order valence-corrected chi connectivity index (χ0v) is 10.9. The zero-order chi connectivity index (χ0) is 13.6. The minimum Gasteiger partial charge on any atom is -0.494 e. The topological polar surface area (TPSA) is 66.8 Å². The van der Waals surface area contributed by atoms with E-state index in [9.17, 15) is 17.9 Å². The highest BCUT2D eigenvalue weighted by Gasteiger charge is 2.44. The third kappa shape index (κ3) is 2.21. The summed E-state index contributed by atoms with van der Waals surface area (Å²) < 4.78 is 43.4. The predicted octanol–water partition coefficient (Wildman–Crippen LogP) is 0.590. The molecule has 18 heavy (non-hydrogen) atoms. The van der Waals surface area contributed by atoms with Crippen molar-refractivity contribution < 1.29 is 22.7 Å². The lowest BCUT2D eigenvalue weighted by Gasteiger charge is -2.42. The van der Waals surface area contributed by atoms with Gasteiger partial charge < -0.3 is 9.84 Å². The Hall–Kier alpha value is -1.18. The van der Waals surface area contributed by atoms with Crippen LogP contribution in [0.1, 0.15) is 6.92 Å². The molecule has 1 aliphatic rings. The van der Waals surface area contributed by atoms with E-state index in [1.54, 1.807) is 6.92 Å². The molecule has 100 valence electrons. The summed E-state index contributed by atoms with van der Waals surface area (Å²) in [6.07, 6.45) is 0. The lowest BCUT2D eigenvalue weighted by Crippen LogP contribution is -2.61. The van der Waals surface area contributed by atoms with Crippen molar-refractivity contribution in [1.29, 1.82) is 0 Å². The molecular formula is C11H14FNO4S. The quantitative estimate of drug-likeness (QED) is 0.876. The number of benzene rings is 1. The minimum atomic E-state index is -3.74. The molecule has 0 saturated carbocycles. The van der Waals surface area contributed by atoms with Crippen LogP contribution in [0.15, 0.2) is 23.1 Å². The fourth-order valence-corrected chi connectivity index (χ4v) is 3.53. The van der Waals surface area contributed by atoms with Gasteiger partial charge in [0.25, 0.3) is 0 Å². The van der Waals surface area contributed by atoms with Crippen LogP contribution in [-0.4, -0.2) is 43.6 Å². The van der Waals surface area contributed by atoms with Gasteiger partial charge in [0, 0.05) is 13.1 Å². The van der Waals surface area contributed by atoms with Gasteiger partial charge in [-0.3, -0.25) is 0 Å². The molecule has 0 aromatic heterocycles. The smallest absolute Gasteiger partial charge is 0.243 e. The molecule has 0 atom stereocenters. The molecule has 1 aromatic carbocycles. The van der Waals surface area contributed by atoms with E-state index in [1.807, 2.05) is 0 Å². The molecule has 2 rings (SSSR count). The van der Waals surface area contributed by atoms with Crippen LogP contribution >= 0.6 is 0 Å². The predicted molar refractivity (Wildman–Crippen MR) is 62.3 cm³/mol. The van der Waals surface area contributed by atoms with Crippen molar-refractivity contribution in [2.75, 3.05) is 20.2 Å². The average Bonchev–Trinajstić information content (AvgIpc) is 2.25. The van der Waals surface area contributed by atoms with Gasteiger partial charge in [-0.25, -0.2) is 12.8 Å². The maximum absolute atomic E-state index is 13.5. The molecule has 0 amide bonds. The first-order valence-electron chi connectivity index (χ1n) is 5.32. The molecule has 0 spiro atoms. The van der Waals surface area contributed by atoms with Crippen molar-refractivity contribution in [3.8, 4) is 5.75 Å². The van der Waals surface area contributed by atoms with Gasteiger partial charge in [-0.1, -0.05) is 0 Å². The second kappa shape index (κ2) is 4.18. The molecule has 0 aliphatic carbocycles. The SMILES string of the molecule is COc1ccc(S(=O)(=O)N2CC(C)(O)C2)cc1F. The molecule has 5 nitrogen and oxygen atoms in total. The van der Waals surface area contributed by atoms with Crippen LogP contribution in [0.4, 0.5) is 4.39 Å². The molecule has 0 bridgehead atoms. The van der Waals surface area contributed by atoms with Crippen LogP contribution in [-0.2, 0) is 10.0 Å². The summed E-state index contributed by atoms with van der Waals surface area (Å²) in [6.45, 7) is 1.58. The van der Waals surface area contributed by atoms with Crippen LogP contribution in [0.25, 0.3) is 0 Å². The number of hydrogen-bond donors (Lipinski definition) is 1. The first-order chi connectivity index (χ1) is 8.26. The summed E-state index contributed by atoms with van der Waals surface area (Å²) in [6, 6.07) is 3.46. The van der Waals surface area contributed by atoms with Crippen LogP contribution in [0.3, 0.4) is 0 Å². The Labute approximate surface area is 105 Å². The molecule has 7 heteroatoms. The highest BCUT2D eigenvalue weighted by molar-refractivity contribution is 7.89. The lowest BCUT2D eigenvalue weighted by atomic mass is 10.0. The molecule has 1 N–H and O–H groups in total. The molecule has 0 unspecified atom stereocenters. The Morgan fingerprint density at radius 3 is 2.50 bits per heavy atom. The Kier molecular flexibility index (Phi) is 3.08. The maximum atomic E-state index is 13.5. The molecule has 1 aromatic rings. The van der Waals surface area contributed by atoms with Crippen molar-refractivity contribution in [2.24, 2.45) is 0 Å². The average molecular weight is 275 g/mol. The van der Waals surface area contributed by atoms with E-state index in [1.165, 1.54) is 19.2 Å². The van der Waals surface area contributed by atoms with E-state index in [0.717, 1.165) is 10.4 Å². The van der Waals surface area contributed by atoms with Crippen molar-refractivity contribution in [3.63, 3.8) is 0 Å². The van der Waals surface area contributed by atoms with Crippen LogP contribution in [0.5, 0.6) is 5.75 Å². The van der Waals surface area contributed by atoms with Crippen molar-refractivity contribution in [3.05, 3.63) is 24.0 Å². The van der Waals surface area contributed by atoms with Crippen LogP contribution in [0, 0.1) is 5.82 Å². The van der Waals surface area contributed by atoms with E-state index in [0.29, 0.717) is 0 Å². The minimum absolute atomic E-state index is 0.00967. The van der Waals surface area contributed by atoms with E-state index < -0.39 is 21.4 Å². The molecule has 0 radical (unpaired) electrons. The third-order valence-electron chi connectivity index (χ3n) is 2.79. The largest absolute Gasteiger partial charge is 0.494 e. The summed E-state index contributed by atoms with van der Waals surface area (Å²) in [4.78, 5) is -0.142.